The van der Waals surface area contributed by atoms with Gasteiger partial charge in [0.25, 0.3) is 5.56 Å². The maximum absolute atomic E-state index is 13.1. The van der Waals surface area contributed by atoms with E-state index in [1.807, 2.05) is 54.0 Å². The van der Waals surface area contributed by atoms with Crippen molar-refractivity contribution >= 4 is 35.0 Å². The first-order valence-corrected chi connectivity index (χ1v) is 12.9. The van der Waals surface area contributed by atoms with Crippen molar-refractivity contribution < 1.29 is 9.53 Å². The number of nitrogens with zero attached hydrogens (tertiary/aromatic N) is 5. The molecular weight excluding hydrogens is 512 g/mol. The normalized spacial score (nSPS) is 11.8. The topological polar surface area (TPSA) is 96.0 Å². The van der Waals surface area contributed by atoms with E-state index in [0.717, 1.165) is 0 Å². The Kier molecular flexibility index (Phi) is 8.20. The number of allylic oxidation sites excluding steroid dienone is 1. The van der Waals surface area contributed by atoms with Crippen LogP contribution in [0.3, 0.4) is 0 Å². The smallest absolute Gasteiger partial charge is 0.295 e. The number of amides is 1. The Morgan fingerprint density at radius 3 is 2.68 bits per heavy atom. The van der Waals surface area contributed by atoms with Gasteiger partial charge in [-0.1, -0.05) is 53.7 Å². The highest BCUT2D eigenvalue weighted by molar-refractivity contribution is 7.99. The van der Waals surface area contributed by atoms with Crippen LogP contribution in [-0.2, 0) is 18.4 Å². The van der Waals surface area contributed by atoms with Crippen LogP contribution in [0, 0.1) is 6.92 Å². The largest absolute Gasteiger partial charge is 0.483 e. The number of rotatable bonds is 10. The van der Waals surface area contributed by atoms with Gasteiger partial charge in [-0.2, -0.15) is 0 Å². The third-order valence-corrected chi connectivity index (χ3v) is 6.88. The molecule has 2 aromatic carbocycles. The van der Waals surface area contributed by atoms with Gasteiger partial charge in [-0.15, -0.1) is 16.8 Å². The maximum Gasteiger partial charge on any atom is 0.295 e. The summed E-state index contributed by atoms with van der Waals surface area (Å²) in [5.41, 5.74) is 1.31. The molecule has 0 radical (unpaired) electrons. The quantitative estimate of drug-likeness (QED) is 0.230. The molecular formula is C26H27ClN6O3S. The first-order valence-electron chi connectivity index (χ1n) is 11.5. The molecule has 0 bridgehead atoms. The monoisotopic (exact) mass is 538 g/mol. The van der Waals surface area contributed by atoms with E-state index in [2.05, 4.69) is 22.1 Å². The third kappa shape index (κ3) is 5.81. The molecule has 1 amide bonds. The highest BCUT2D eigenvalue weighted by atomic mass is 35.5. The zero-order chi connectivity index (χ0) is 26.5. The van der Waals surface area contributed by atoms with Crippen molar-refractivity contribution in [1.29, 1.82) is 0 Å². The second-order valence-corrected chi connectivity index (χ2v) is 9.61. The van der Waals surface area contributed by atoms with E-state index in [1.165, 1.54) is 16.4 Å². The predicted molar refractivity (Wildman–Crippen MR) is 146 cm³/mol. The summed E-state index contributed by atoms with van der Waals surface area (Å²) in [7, 11) is 1.78. The van der Waals surface area contributed by atoms with Gasteiger partial charge >= 0.3 is 0 Å². The summed E-state index contributed by atoms with van der Waals surface area (Å²) in [6.07, 6.45) is 1.31. The van der Waals surface area contributed by atoms with Crippen LogP contribution in [0.2, 0.25) is 5.02 Å². The second kappa shape index (κ2) is 11.5. The maximum atomic E-state index is 13.1. The van der Waals surface area contributed by atoms with Crippen LogP contribution in [0.5, 0.6) is 5.75 Å². The number of hydrogen-bond acceptors (Lipinski definition) is 6. The van der Waals surface area contributed by atoms with Crippen molar-refractivity contribution in [3.8, 4) is 11.4 Å². The number of para-hydroxylation sites is 1. The fourth-order valence-electron chi connectivity index (χ4n) is 3.82. The number of aromatic nitrogens is 5. The molecule has 0 saturated carbocycles. The molecule has 0 spiro atoms. The van der Waals surface area contributed by atoms with E-state index in [9.17, 15) is 9.59 Å². The molecule has 37 heavy (non-hydrogen) atoms. The van der Waals surface area contributed by atoms with Crippen LogP contribution >= 0.6 is 23.4 Å². The minimum atomic E-state index is -0.419. The number of nitrogens with one attached hydrogen (secondary N) is 1. The minimum Gasteiger partial charge on any atom is -0.483 e. The average molecular weight is 539 g/mol. The van der Waals surface area contributed by atoms with Crippen molar-refractivity contribution in [3.05, 3.63) is 94.1 Å². The van der Waals surface area contributed by atoms with Gasteiger partial charge in [0.05, 0.1) is 17.1 Å². The molecule has 0 fully saturated rings. The molecule has 1 atom stereocenters. The van der Waals surface area contributed by atoms with Crippen LogP contribution < -0.4 is 15.6 Å². The number of anilines is 1. The Labute approximate surface area is 223 Å². The van der Waals surface area contributed by atoms with Crippen molar-refractivity contribution in [1.82, 2.24) is 24.1 Å². The first kappa shape index (κ1) is 26.3. The van der Waals surface area contributed by atoms with Crippen molar-refractivity contribution in [2.24, 2.45) is 7.05 Å². The summed E-state index contributed by atoms with van der Waals surface area (Å²) in [6, 6.07) is 16.4. The predicted octanol–water partition coefficient (Wildman–Crippen LogP) is 4.79. The second-order valence-electron chi connectivity index (χ2n) is 8.23. The number of halogens is 1. The van der Waals surface area contributed by atoms with Crippen LogP contribution in [-0.4, -0.2) is 35.8 Å². The van der Waals surface area contributed by atoms with Crippen molar-refractivity contribution in [2.75, 3.05) is 11.1 Å². The number of benzene rings is 2. The number of ether oxygens (including phenoxy) is 1. The van der Waals surface area contributed by atoms with Crippen molar-refractivity contribution in [2.45, 2.75) is 31.7 Å². The summed E-state index contributed by atoms with van der Waals surface area (Å²) in [4.78, 5) is 25.9. The van der Waals surface area contributed by atoms with Crippen LogP contribution in [0.1, 0.15) is 24.5 Å². The van der Waals surface area contributed by atoms with Crippen molar-refractivity contribution in [3.63, 3.8) is 0 Å². The molecule has 0 aliphatic carbocycles. The van der Waals surface area contributed by atoms with Gasteiger partial charge in [0, 0.05) is 18.6 Å². The van der Waals surface area contributed by atoms with E-state index >= 15 is 0 Å². The van der Waals surface area contributed by atoms with Gasteiger partial charge in [-0.25, -0.2) is 4.68 Å². The summed E-state index contributed by atoms with van der Waals surface area (Å²) in [6.45, 7) is 7.91. The average Bonchev–Trinajstić information content (AvgIpc) is 3.37. The van der Waals surface area contributed by atoms with Crippen LogP contribution in [0.15, 0.2) is 77.2 Å². The Morgan fingerprint density at radius 2 is 1.97 bits per heavy atom. The zero-order valence-corrected chi connectivity index (χ0v) is 22.3. The molecule has 11 heteroatoms. The number of thioether (sulfide) groups is 1. The molecule has 0 saturated heterocycles. The van der Waals surface area contributed by atoms with Crippen LogP contribution in [0.4, 0.5) is 5.69 Å². The van der Waals surface area contributed by atoms with E-state index in [1.54, 1.807) is 36.9 Å². The minimum absolute atomic E-state index is 0.0396. The first-order chi connectivity index (χ1) is 17.8. The Hall–Kier alpha value is -3.76. The van der Waals surface area contributed by atoms with Gasteiger partial charge < -0.3 is 10.1 Å². The van der Waals surface area contributed by atoms with E-state index in [-0.39, 0.29) is 22.9 Å². The summed E-state index contributed by atoms with van der Waals surface area (Å²) in [5.74, 6) is 0.917. The SMILES string of the molecule is C=CCn1c(SCC(=O)Nc2c(C)n(C)n(-c3ccccc3)c2=O)nnc1C(C)Oc1cccc(Cl)c1. The molecule has 192 valence electrons. The third-order valence-electron chi connectivity index (χ3n) is 5.68. The van der Waals surface area contributed by atoms with Crippen LogP contribution in [0.25, 0.3) is 5.69 Å². The van der Waals surface area contributed by atoms with Gasteiger partial charge in [0.15, 0.2) is 17.1 Å². The lowest BCUT2D eigenvalue weighted by molar-refractivity contribution is -0.113. The molecule has 4 aromatic rings. The van der Waals surface area contributed by atoms with Gasteiger partial charge in [0.1, 0.15) is 11.4 Å². The summed E-state index contributed by atoms with van der Waals surface area (Å²) >= 11 is 7.28. The van der Waals surface area contributed by atoms with Gasteiger partial charge in [0.2, 0.25) is 5.91 Å². The highest BCUT2D eigenvalue weighted by Crippen LogP contribution is 2.26. The molecule has 4 rings (SSSR count). The fraction of sp³-hybridized carbons (Fsp3) is 0.231. The standard InChI is InChI=1S/C26H27ClN6O3S/c1-5-14-32-24(18(3)36-21-13-9-10-19(27)15-21)29-30-26(32)37-16-22(34)28-23-17(2)31(4)33(25(23)35)20-11-7-6-8-12-20/h5-13,15,18H,1,14,16H2,2-4H3,(H,28,34). The lowest BCUT2D eigenvalue weighted by atomic mass is 10.3. The lowest BCUT2D eigenvalue weighted by Crippen LogP contribution is -2.23. The van der Waals surface area contributed by atoms with Gasteiger partial charge in [-0.05, 0) is 44.2 Å². The van der Waals surface area contributed by atoms with E-state index in [0.29, 0.717) is 39.7 Å². The lowest BCUT2D eigenvalue weighted by Gasteiger charge is -2.15. The number of carbonyl (C=O) groups excluding carboxylic acids is 1. The zero-order valence-electron chi connectivity index (χ0n) is 20.7. The summed E-state index contributed by atoms with van der Waals surface area (Å²) in [5, 5.41) is 12.4. The Morgan fingerprint density at radius 1 is 1.22 bits per heavy atom. The molecule has 2 aromatic heterocycles. The fourth-order valence-corrected chi connectivity index (χ4v) is 4.76. The Balaban J connectivity index is 1.47. The Bertz CT molecular complexity index is 1480. The molecule has 1 unspecified atom stereocenters. The van der Waals surface area contributed by atoms with E-state index in [4.69, 9.17) is 16.3 Å². The molecule has 0 aliphatic rings. The molecule has 1 N–H and O–H groups in total. The molecule has 0 aliphatic heterocycles. The van der Waals surface area contributed by atoms with E-state index < -0.39 is 6.10 Å². The number of carbonyl (C=O) groups is 1. The molecule has 2 heterocycles. The number of hydrogen-bond donors (Lipinski definition) is 1. The van der Waals surface area contributed by atoms with Gasteiger partial charge in [-0.3, -0.25) is 18.8 Å². The summed E-state index contributed by atoms with van der Waals surface area (Å²) < 4.78 is 11.1. The highest BCUT2D eigenvalue weighted by Gasteiger charge is 2.21. The molecule has 9 nitrogen and oxygen atoms in total.